The first-order chi connectivity index (χ1) is 5.13. The molecule has 1 N–H and O–H groups in total. The number of aliphatic hydroxyl groups excluding tert-OH is 1. The molecule has 0 radical (unpaired) electrons. The highest BCUT2D eigenvalue weighted by molar-refractivity contribution is 5.94. The molecule has 2 nitrogen and oxygen atoms in total. The van der Waals surface area contributed by atoms with Crippen molar-refractivity contribution in [2.75, 3.05) is 0 Å². The summed E-state index contributed by atoms with van der Waals surface area (Å²) in [6.45, 7) is 4.01. The van der Waals surface area contributed by atoms with E-state index in [-0.39, 0.29) is 11.5 Å². The standard InChI is InChI=1S/C9H14O2/c1-6(2)7-4-3-5-8(10)9(7)11/h6,11H,3-5H2,1-2H3. The minimum Gasteiger partial charge on any atom is -0.504 e. The summed E-state index contributed by atoms with van der Waals surface area (Å²) < 4.78 is 0. The Labute approximate surface area is 66.9 Å². The Kier molecular flexibility index (Phi) is 2.32. The van der Waals surface area contributed by atoms with Gasteiger partial charge in [-0.05, 0) is 24.3 Å². The molecule has 0 unspecified atom stereocenters. The normalized spacial score (nSPS) is 19.7. The van der Waals surface area contributed by atoms with E-state index in [1.165, 1.54) is 0 Å². The van der Waals surface area contributed by atoms with Crippen LogP contribution >= 0.6 is 0 Å². The molecule has 0 heterocycles. The maximum Gasteiger partial charge on any atom is 0.197 e. The van der Waals surface area contributed by atoms with Gasteiger partial charge in [0.2, 0.25) is 0 Å². The van der Waals surface area contributed by atoms with Crippen molar-refractivity contribution in [2.45, 2.75) is 33.1 Å². The number of ketones is 1. The highest BCUT2D eigenvalue weighted by Crippen LogP contribution is 2.25. The lowest BCUT2D eigenvalue weighted by Crippen LogP contribution is -2.14. The van der Waals surface area contributed by atoms with Crippen LogP contribution in [-0.2, 0) is 4.79 Å². The van der Waals surface area contributed by atoms with Crippen LogP contribution in [0.1, 0.15) is 33.1 Å². The van der Waals surface area contributed by atoms with Crippen LogP contribution in [0.5, 0.6) is 0 Å². The fraction of sp³-hybridized carbons (Fsp3) is 0.667. The Morgan fingerprint density at radius 1 is 1.36 bits per heavy atom. The van der Waals surface area contributed by atoms with Gasteiger partial charge in [0.1, 0.15) is 0 Å². The van der Waals surface area contributed by atoms with Gasteiger partial charge in [0, 0.05) is 6.42 Å². The van der Waals surface area contributed by atoms with Crippen LogP contribution in [0.3, 0.4) is 0 Å². The van der Waals surface area contributed by atoms with Crippen molar-refractivity contribution in [3.63, 3.8) is 0 Å². The van der Waals surface area contributed by atoms with Gasteiger partial charge in [-0.1, -0.05) is 13.8 Å². The molecule has 0 aliphatic heterocycles. The van der Waals surface area contributed by atoms with Crippen LogP contribution in [-0.4, -0.2) is 10.9 Å². The Morgan fingerprint density at radius 2 is 2.00 bits per heavy atom. The lowest BCUT2D eigenvalue weighted by Gasteiger charge is -2.17. The van der Waals surface area contributed by atoms with E-state index in [1.807, 2.05) is 13.8 Å². The van der Waals surface area contributed by atoms with Crippen molar-refractivity contribution >= 4 is 5.78 Å². The second kappa shape index (κ2) is 3.07. The number of carbonyl (C=O) groups excluding carboxylic acids is 1. The van der Waals surface area contributed by atoms with E-state index >= 15 is 0 Å². The number of hydrogen-bond donors (Lipinski definition) is 1. The SMILES string of the molecule is CC(C)C1=C(O)C(=O)CCC1. The van der Waals surface area contributed by atoms with E-state index in [1.54, 1.807) is 0 Å². The van der Waals surface area contributed by atoms with Crippen molar-refractivity contribution < 1.29 is 9.90 Å². The zero-order valence-corrected chi connectivity index (χ0v) is 7.05. The number of Topliss-reactive ketones (excluding diaryl/α,β-unsaturated/α-hetero) is 1. The average Bonchev–Trinajstić information content (AvgIpc) is 1.94. The first-order valence-corrected chi connectivity index (χ1v) is 4.08. The molecule has 1 aliphatic rings. The molecule has 0 amide bonds. The summed E-state index contributed by atoms with van der Waals surface area (Å²) in [4.78, 5) is 11.0. The third-order valence-electron chi connectivity index (χ3n) is 2.12. The van der Waals surface area contributed by atoms with Gasteiger partial charge in [-0.2, -0.15) is 0 Å². The minimum atomic E-state index is -0.0834. The molecule has 0 aromatic rings. The number of hydrogen-bond acceptors (Lipinski definition) is 2. The molecule has 0 spiro atoms. The van der Waals surface area contributed by atoms with Gasteiger partial charge in [-0.25, -0.2) is 0 Å². The fourth-order valence-corrected chi connectivity index (χ4v) is 1.42. The predicted octanol–water partition coefficient (Wildman–Crippen LogP) is 2.21. The maximum atomic E-state index is 11.0. The summed E-state index contributed by atoms with van der Waals surface area (Å²) in [5.41, 5.74) is 0.932. The molecule has 0 bridgehead atoms. The summed E-state index contributed by atoms with van der Waals surface area (Å²) in [6.07, 6.45) is 2.30. The third-order valence-corrected chi connectivity index (χ3v) is 2.12. The number of rotatable bonds is 1. The van der Waals surface area contributed by atoms with Crippen molar-refractivity contribution in [1.29, 1.82) is 0 Å². The van der Waals surface area contributed by atoms with Crippen LogP contribution in [0, 0.1) is 5.92 Å². The second-order valence-corrected chi connectivity index (χ2v) is 3.31. The Balaban J connectivity index is 2.89. The quantitative estimate of drug-likeness (QED) is 0.628. The smallest absolute Gasteiger partial charge is 0.197 e. The Morgan fingerprint density at radius 3 is 2.45 bits per heavy atom. The summed E-state index contributed by atoms with van der Waals surface area (Å²) in [5, 5.41) is 9.34. The number of carbonyl (C=O) groups is 1. The third kappa shape index (κ3) is 1.62. The van der Waals surface area contributed by atoms with Gasteiger partial charge in [0.25, 0.3) is 0 Å². The van der Waals surface area contributed by atoms with Gasteiger partial charge in [0.15, 0.2) is 11.5 Å². The lowest BCUT2D eigenvalue weighted by molar-refractivity contribution is -0.118. The summed E-state index contributed by atoms with van der Waals surface area (Å²) in [7, 11) is 0. The maximum absolute atomic E-state index is 11.0. The van der Waals surface area contributed by atoms with Crippen molar-refractivity contribution in [1.82, 2.24) is 0 Å². The molecule has 0 atom stereocenters. The van der Waals surface area contributed by atoms with Gasteiger partial charge in [-0.15, -0.1) is 0 Å². The van der Waals surface area contributed by atoms with Gasteiger partial charge in [-0.3, -0.25) is 4.79 Å². The second-order valence-electron chi connectivity index (χ2n) is 3.31. The van der Waals surface area contributed by atoms with Crippen molar-refractivity contribution in [3.05, 3.63) is 11.3 Å². The molecule has 62 valence electrons. The molecule has 0 aromatic heterocycles. The van der Waals surface area contributed by atoms with E-state index in [2.05, 4.69) is 0 Å². The highest BCUT2D eigenvalue weighted by atomic mass is 16.3. The summed E-state index contributed by atoms with van der Waals surface area (Å²) in [6, 6.07) is 0. The molecule has 1 aliphatic carbocycles. The van der Waals surface area contributed by atoms with Gasteiger partial charge < -0.3 is 5.11 Å². The van der Waals surface area contributed by atoms with Crippen LogP contribution in [0.2, 0.25) is 0 Å². The predicted molar refractivity (Wildman–Crippen MR) is 43.4 cm³/mol. The topological polar surface area (TPSA) is 37.3 Å². The Bertz CT molecular complexity index is 202. The summed E-state index contributed by atoms with van der Waals surface area (Å²) >= 11 is 0. The van der Waals surface area contributed by atoms with E-state index < -0.39 is 0 Å². The van der Waals surface area contributed by atoms with Crippen molar-refractivity contribution in [2.24, 2.45) is 5.92 Å². The van der Waals surface area contributed by atoms with Crippen LogP contribution in [0.15, 0.2) is 11.3 Å². The molecule has 2 heteroatoms. The average molecular weight is 154 g/mol. The van der Waals surface area contributed by atoms with Gasteiger partial charge >= 0.3 is 0 Å². The first-order valence-electron chi connectivity index (χ1n) is 4.08. The molecule has 11 heavy (non-hydrogen) atoms. The highest BCUT2D eigenvalue weighted by Gasteiger charge is 2.20. The molecule has 0 aromatic carbocycles. The summed E-state index contributed by atoms with van der Waals surface area (Å²) in [5.74, 6) is 0.255. The van der Waals surface area contributed by atoms with Crippen LogP contribution in [0.4, 0.5) is 0 Å². The van der Waals surface area contributed by atoms with E-state index in [0.29, 0.717) is 12.3 Å². The molecular formula is C9H14O2. The minimum absolute atomic E-state index is 0.0336. The molecular weight excluding hydrogens is 140 g/mol. The fourth-order valence-electron chi connectivity index (χ4n) is 1.42. The molecule has 0 fully saturated rings. The molecule has 0 saturated heterocycles. The van der Waals surface area contributed by atoms with Crippen molar-refractivity contribution in [3.8, 4) is 0 Å². The van der Waals surface area contributed by atoms with E-state index in [4.69, 9.17) is 0 Å². The zero-order chi connectivity index (χ0) is 8.43. The first kappa shape index (κ1) is 8.31. The molecule has 1 rings (SSSR count). The number of aliphatic hydroxyl groups is 1. The van der Waals surface area contributed by atoms with Crippen LogP contribution in [0.25, 0.3) is 0 Å². The lowest BCUT2D eigenvalue weighted by atomic mass is 9.89. The Hall–Kier alpha value is -0.790. The van der Waals surface area contributed by atoms with E-state index in [0.717, 1.165) is 18.4 Å². The van der Waals surface area contributed by atoms with E-state index in [9.17, 15) is 9.90 Å². The largest absolute Gasteiger partial charge is 0.504 e. The monoisotopic (exact) mass is 154 g/mol. The van der Waals surface area contributed by atoms with Crippen LogP contribution < -0.4 is 0 Å². The van der Waals surface area contributed by atoms with Gasteiger partial charge in [0.05, 0.1) is 0 Å². The number of allylic oxidation sites excluding steroid dienone is 2. The molecule has 0 saturated carbocycles. The zero-order valence-electron chi connectivity index (χ0n) is 7.05.